The van der Waals surface area contributed by atoms with E-state index in [-0.39, 0.29) is 47.1 Å². The van der Waals surface area contributed by atoms with E-state index in [0.717, 1.165) is 32.1 Å². The van der Waals surface area contributed by atoms with Crippen LogP contribution in [0.25, 0.3) is 0 Å². The summed E-state index contributed by atoms with van der Waals surface area (Å²) in [5.41, 5.74) is 0. The highest BCUT2D eigenvalue weighted by Gasteiger charge is 2.49. The minimum absolute atomic E-state index is 0.0616. The minimum Gasteiger partial charge on any atom is -0.380 e. The van der Waals surface area contributed by atoms with Crippen LogP contribution in [-0.2, 0) is 14.3 Å². The van der Waals surface area contributed by atoms with E-state index in [4.69, 9.17) is 27.9 Å². The van der Waals surface area contributed by atoms with E-state index in [2.05, 4.69) is 12.2 Å². The highest BCUT2D eigenvalue weighted by atomic mass is 35.5. The van der Waals surface area contributed by atoms with Gasteiger partial charge in [-0.15, -0.1) is 23.2 Å². The standard InChI is InChI=1S/C20H31Cl2N3O3/c1-12-6-16(22)7-23-19(12)25-9-17(26)24(8-13-2-4-15(21)5-3-13)18(20(25)27)14-10-28-11-14/h12-16,18-19,23H,2-11H2,1H3/t12?,13?,15?,16?,18-,19?/m1/s1. The van der Waals surface area contributed by atoms with Crippen molar-refractivity contribution in [1.82, 2.24) is 15.1 Å². The molecule has 0 radical (unpaired) electrons. The molecule has 0 aromatic rings. The third-order valence-corrected chi connectivity index (χ3v) is 7.66. The van der Waals surface area contributed by atoms with E-state index in [0.29, 0.717) is 32.2 Å². The van der Waals surface area contributed by atoms with Crippen molar-refractivity contribution >= 4 is 35.0 Å². The first-order chi connectivity index (χ1) is 13.4. The van der Waals surface area contributed by atoms with E-state index in [1.165, 1.54) is 0 Å². The zero-order chi connectivity index (χ0) is 19.8. The summed E-state index contributed by atoms with van der Waals surface area (Å²) < 4.78 is 5.38. The first-order valence-corrected chi connectivity index (χ1v) is 11.5. The van der Waals surface area contributed by atoms with Crippen LogP contribution in [-0.4, -0.2) is 77.4 Å². The van der Waals surface area contributed by atoms with Gasteiger partial charge in [0, 0.05) is 29.8 Å². The number of halogens is 2. The third kappa shape index (κ3) is 4.16. The van der Waals surface area contributed by atoms with Crippen molar-refractivity contribution in [3.05, 3.63) is 0 Å². The molecule has 3 heterocycles. The van der Waals surface area contributed by atoms with Crippen LogP contribution in [0.3, 0.4) is 0 Å². The smallest absolute Gasteiger partial charge is 0.247 e. The van der Waals surface area contributed by atoms with Crippen LogP contribution in [0.4, 0.5) is 0 Å². The summed E-state index contributed by atoms with van der Waals surface area (Å²) in [6, 6.07) is -0.397. The second kappa shape index (κ2) is 8.66. The molecule has 0 bridgehead atoms. The predicted molar refractivity (Wildman–Crippen MR) is 108 cm³/mol. The number of nitrogens with one attached hydrogen (secondary N) is 1. The zero-order valence-electron chi connectivity index (χ0n) is 16.5. The predicted octanol–water partition coefficient (Wildman–Crippen LogP) is 2.03. The largest absolute Gasteiger partial charge is 0.380 e. The highest BCUT2D eigenvalue weighted by molar-refractivity contribution is 6.21. The quantitative estimate of drug-likeness (QED) is 0.691. The molecule has 1 N–H and O–H groups in total. The molecule has 3 saturated heterocycles. The summed E-state index contributed by atoms with van der Waals surface area (Å²) in [4.78, 5) is 30.3. The Balaban J connectivity index is 1.49. The van der Waals surface area contributed by atoms with Gasteiger partial charge >= 0.3 is 0 Å². The normalized spacial score (nSPS) is 40.5. The van der Waals surface area contributed by atoms with Crippen molar-refractivity contribution in [2.75, 3.05) is 32.8 Å². The lowest BCUT2D eigenvalue weighted by Gasteiger charge is -2.50. The molecule has 6 nitrogen and oxygen atoms in total. The summed E-state index contributed by atoms with van der Waals surface area (Å²) >= 11 is 12.5. The first kappa shape index (κ1) is 20.7. The fourth-order valence-electron chi connectivity index (χ4n) is 5.18. The second-order valence-electron chi connectivity index (χ2n) is 9.04. The number of alkyl halides is 2. The van der Waals surface area contributed by atoms with Crippen LogP contribution < -0.4 is 5.32 Å². The number of rotatable bonds is 4. The number of nitrogens with zero attached hydrogens (tertiary/aromatic N) is 2. The zero-order valence-corrected chi connectivity index (χ0v) is 18.0. The summed E-state index contributed by atoms with van der Waals surface area (Å²) in [5.74, 6) is 0.883. The first-order valence-electron chi connectivity index (χ1n) is 10.6. The van der Waals surface area contributed by atoms with E-state index in [1.54, 1.807) is 4.90 Å². The lowest BCUT2D eigenvalue weighted by Crippen LogP contribution is -2.70. The maximum atomic E-state index is 13.5. The SMILES string of the molecule is CC1CC(Cl)CNC1N1CC(=O)N(CC2CCC(Cl)CC2)[C@H](C2COC2)C1=O. The molecule has 158 valence electrons. The maximum absolute atomic E-state index is 13.5. The Morgan fingerprint density at radius 2 is 1.82 bits per heavy atom. The number of amides is 2. The molecule has 3 unspecified atom stereocenters. The van der Waals surface area contributed by atoms with Crippen LogP contribution in [0.2, 0.25) is 0 Å². The van der Waals surface area contributed by atoms with Crippen molar-refractivity contribution in [3.63, 3.8) is 0 Å². The Hall–Kier alpha value is -0.560. The molecular weight excluding hydrogens is 401 g/mol. The van der Waals surface area contributed by atoms with E-state index < -0.39 is 6.04 Å². The number of carbonyl (C=O) groups excluding carboxylic acids is 2. The third-order valence-electron chi connectivity index (χ3n) is 6.89. The molecule has 3 aliphatic heterocycles. The molecule has 1 aliphatic carbocycles. The molecule has 8 heteroatoms. The Kier molecular flexibility index (Phi) is 6.41. The van der Waals surface area contributed by atoms with Gasteiger partial charge in [0.2, 0.25) is 11.8 Å². The highest BCUT2D eigenvalue weighted by Crippen LogP contribution is 2.33. The summed E-state index contributed by atoms with van der Waals surface area (Å²) in [5, 5.41) is 3.72. The monoisotopic (exact) mass is 431 g/mol. The number of carbonyl (C=O) groups is 2. The fraction of sp³-hybridized carbons (Fsp3) is 0.900. The van der Waals surface area contributed by atoms with Gasteiger partial charge in [0.05, 0.1) is 19.4 Å². The molecule has 28 heavy (non-hydrogen) atoms. The van der Waals surface area contributed by atoms with Gasteiger partial charge < -0.3 is 14.5 Å². The Morgan fingerprint density at radius 3 is 2.43 bits per heavy atom. The van der Waals surface area contributed by atoms with Crippen molar-refractivity contribution in [2.24, 2.45) is 17.8 Å². The topological polar surface area (TPSA) is 61.9 Å². The molecule has 2 amide bonds. The minimum atomic E-state index is -0.397. The Morgan fingerprint density at radius 1 is 1.11 bits per heavy atom. The lowest BCUT2D eigenvalue weighted by molar-refractivity contribution is -0.172. The summed E-state index contributed by atoms with van der Waals surface area (Å²) in [7, 11) is 0. The van der Waals surface area contributed by atoms with Crippen molar-refractivity contribution < 1.29 is 14.3 Å². The molecule has 4 atom stereocenters. The summed E-state index contributed by atoms with van der Waals surface area (Å²) in [6.45, 7) is 4.70. The van der Waals surface area contributed by atoms with Gasteiger partial charge in [0.15, 0.2) is 0 Å². The van der Waals surface area contributed by atoms with Gasteiger partial charge in [-0.2, -0.15) is 0 Å². The van der Waals surface area contributed by atoms with E-state index >= 15 is 0 Å². The molecule has 4 fully saturated rings. The summed E-state index contributed by atoms with van der Waals surface area (Å²) in [6.07, 6.45) is 4.77. The second-order valence-corrected chi connectivity index (χ2v) is 10.3. The molecule has 0 aromatic heterocycles. The number of ether oxygens (including phenoxy) is 1. The molecule has 4 aliphatic rings. The van der Waals surface area contributed by atoms with Crippen LogP contribution in [0.5, 0.6) is 0 Å². The van der Waals surface area contributed by atoms with Gasteiger partial charge in [0.1, 0.15) is 12.6 Å². The lowest BCUT2D eigenvalue weighted by atomic mass is 9.86. The fourth-order valence-corrected chi connectivity index (χ4v) is 5.80. The van der Waals surface area contributed by atoms with Crippen molar-refractivity contribution in [2.45, 2.75) is 62.0 Å². The van der Waals surface area contributed by atoms with E-state index in [9.17, 15) is 9.59 Å². The number of hydrogen-bond acceptors (Lipinski definition) is 4. The molecular formula is C20H31Cl2N3O3. The molecule has 1 saturated carbocycles. The maximum Gasteiger partial charge on any atom is 0.247 e. The van der Waals surface area contributed by atoms with E-state index in [1.807, 2.05) is 4.90 Å². The molecule has 0 spiro atoms. The van der Waals surface area contributed by atoms with Crippen molar-refractivity contribution in [1.29, 1.82) is 0 Å². The van der Waals surface area contributed by atoms with Crippen LogP contribution >= 0.6 is 23.2 Å². The Labute approximate surface area is 177 Å². The molecule has 0 aromatic carbocycles. The van der Waals surface area contributed by atoms with Gasteiger partial charge in [-0.1, -0.05) is 6.92 Å². The van der Waals surface area contributed by atoms with Gasteiger partial charge in [-0.25, -0.2) is 0 Å². The van der Waals surface area contributed by atoms with Crippen LogP contribution in [0, 0.1) is 17.8 Å². The van der Waals surface area contributed by atoms with Gasteiger partial charge in [-0.3, -0.25) is 14.9 Å². The van der Waals surface area contributed by atoms with Crippen molar-refractivity contribution in [3.8, 4) is 0 Å². The average Bonchev–Trinajstić information content (AvgIpc) is 2.61. The molecule has 4 rings (SSSR count). The van der Waals surface area contributed by atoms with Gasteiger partial charge in [-0.05, 0) is 43.9 Å². The number of hydrogen-bond donors (Lipinski definition) is 1. The van der Waals surface area contributed by atoms with Crippen LogP contribution in [0.1, 0.15) is 39.0 Å². The van der Waals surface area contributed by atoms with Gasteiger partial charge in [0.25, 0.3) is 0 Å². The Bertz CT molecular complexity index is 595. The number of piperazine rings is 1. The number of piperidine rings is 1. The average molecular weight is 432 g/mol. The van der Waals surface area contributed by atoms with Crippen LogP contribution in [0.15, 0.2) is 0 Å².